The number of hydrogen-bond acceptors (Lipinski definition) is 4. The highest BCUT2D eigenvalue weighted by Gasteiger charge is 2.30. The fourth-order valence-electron chi connectivity index (χ4n) is 3.57. The quantitative estimate of drug-likeness (QED) is 0.815. The Balaban J connectivity index is 1.59. The first-order chi connectivity index (χ1) is 13.1. The van der Waals surface area contributed by atoms with Crippen LogP contribution in [0.3, 0.4) is 0 Å². The maximum atomic E-state index is 12.9. The molecule has 2 atom stereocenters. The molecule has 1 fully saturated rings. The topological polar surface area (TPSA) is 62.6 Å². The summed E-state index contributed by atoms with van der Waals surface area (Å²) in [6.07, 6.45) is 4.59. The Labute approximate surface area is 161 Å². The Morgan fingerprint density at radius 2 is 1.81 bits per heavy atom. The number of piperazine rings is 1. The summed E-state index contributed by atoms with van der Waals surface area (Å²) in [7, 11) is 0. The zero-order chi connectivity index (χ0) is 19.2. The van der Waals surface area contributed by atoms with Crippen molar-refractivity contribution in [1.82, 2.24) is 9.97 Å². The van der Waals surface area contributed by atoms with Crippen molar-refractivity contribution in [1.29, 1.82) is 0 Å². The molecule has 1 aromatic carbocycles. The number of quaternary nitrogens is 1. The number of carbonyl (C=O) groups is 1. The number of carbonyl (C=O) groups excluding carboxylic acids is 1. The molecule has 144 valence electrons. The van der Waals surface area contributed by atoms with Crippen molar-refractivity contribution in [3.8, 4) is 0 Å². The smallest absolute Gasteiger partial charge is 0.282 e. The van der Waals surface area contributed by atoms with Gasteiger partial charge in [0.1, 0.15) is 0 Å². The van der Waals surface area contributed by atoms with E-state index in [1.807, 2.05) is 31.2 Å². The van der Waals surface area contributed by atoms with E-state index in [4.69, 9.17) is 0 Å². The van der Waals surface area contributed by atoms with Gasteiger partial charge >= 0.3 is 0 Å². The Hall–Kier alpha value is -2.47. The third-order valence-corrected chi connectivity index (χ3v) is 5.61. The van der Waals surface area contributed by atoms with Gasteiger partial charge in [0.25, 0.3) is 5.91 Å². The normalized spacial score (nSPS) is 17.4. The average molecular weight is 369 g/mol. The van der Waals surface area contributed by atoms with Crippen LogP contribution in [0.1, 0.15) is 38.7 Å². The van der Waals surface area contributed by atoms with Gasteiger partial charge in [0.05, 0.1) is 26.2 Å². The molecular weight excluding hydrogens is 338 g/mol. The maximum absolute atomic E-state index is 12.9. The minimum Gasteiger partial charge on any atom is -0.330 e. The molecule has 6 nitrogen and oxygen atoms in total. The highest BCUT2D eigenvalue weighted by molar-refractivity contribution is 5.94. The van der Waals surface area contributed by atoms with Gasteiger partial charge < -0.3 is 15.1 Å². The third-order valence-electron chi connectivity index (χ3n) is 5.61. The Kier molecular flexibility index (Phi) is 6.40. The molecule has 2 aromatic rings. The number of nitrogens with one attached hydrogen (secondary N) is 2. The minimum absolute atomic E-state index is 0.0881. The number of hydrogen-bond donors (Lipinski definition) is 2. The molecule has 1 aromatic heterocycles. The molecule has 0 saturated carbocycles. The van der Waals surface area contributed by atoms with E-state index in [0.717, 1.165) is 44.2 Å². The van der Waals surface area contributed by atoms with Crippen molar-refractivity contribution in [3.63, 3.8) is 0 Å². The number of para-hydroxylation sites is 1. The fourth-order valence-corrected chi connectivity index (χ4v) is 3.57. The van der Waals surface area contributed by atoms with Crippen LogP contribution < -0.4 is 15.1 Å². The van der Waals surface area contributed by atoms with E-state index in [9.17, 15) is 4.79 Å². The fraction of sp³-hybridized carbons (Fsp3) is 0.476. The number of nitrogens with zero attached hydrogens (tertiary/aromatic N) is 3. The lowest BCUT2D eigenvalue weighted by Crippen LogP contribution is -3.19. The second-order valence-electron chi connectivity index (χ2n) is 7.30. The van der Waals surface area contributed by atoms with E-state index < -0.39 is 0 Å². The standard InChI is InChI=1S/C21H29N5O/c1-4-16(2)18-8-5-6-9-19(18)24-20(27)17(3)25-12-14-26(15-13-25)21-22-10-7-11-23-21/h5-11,16-17H,4,12-15H2,1-3H3,(H,24,27)/p+1/t16-,17+/m0/s1. The van der Waals surface area contributed by atoms with Crippen molar-refractivity contribution in [2.75, 3.05) is 36.4 Å². The first kappa shape index (κ1) is 19.3. The van der Waals surface area contributed by atoms with Crippen LogP contribution in [0.15, 0.2) is 42.7 Å². The summed E-state index contributed by atoms with van der Waals surface area (Å²) in [4.78, 5) is 25.0. The Morgan fingerprint density at radius 1 is 1.15 bits per heavy atom. The first-order valence-electron chi connectivity index (χ1n) is 9.86. The molecule has 0 spiro atoms. The lowest BCUT2D eigenvalue weighted by molar-refractivity contribution is -0.914. The summed E-state index contributed by atoms with van der Waals surface area (Å²) >= 11 is 0. The molecule has 0 aliphatic carbocycles. The van der Waals surface area contributed by atoms with Crippen LogP contribution in [0, 0.1) is 0 Å². The molecule has 2 N–H and O–H groups in total. The minimum atomic E-state index is -0.0890. The van der Waals surface area contributed by atoms with Gasteiger partial charge in [-0.05, 0) is 37.0 Å². The largest absolute Gasteiger partial charge is 0.330 e. The van der Waals surface area contributed by atoms with E-state index in [0.29, 0.717) is 5.92 Å². The molecule has 1 amide bonds. The summed E-state index contributed by atoms with van der Waals surface area (Å²) in [6, 6.07) is 9.88. The van der Waals surface area contributed by atoms with Gasteiger partial charge in [0.2, 0.25) is 5.95 Å². The molecule has 3 rings (SSSR count). The van der Waals surface area contributed by atoms with Crippen molar-refractivity contribution >= 4 is 17.5 Å². The average Bonchev–Trinajstić information content (AvgIpc) is 2.73. The second-order valence-corrected chi connectivity index (χ2v) is 7.30. The van der Waals surface area contributed by atoms with E-state index in [2.05, 4.69) is 40.1 Å². The molecule has 1 saturated heterocycles. The highest BCUT2D eigenvalue weighted by atomic mass is 16.2. The van der Waals surface area contributed by atoms with Gasteiger partial charge in [-0.1, -0.05) is 32.0 Å². The van der Waals surface area contributed by atoms with Crippen LogP contribution in [0.2, 0.25) is 0 Å². The van der Waals surface area contributed by atoms with E-state index in [1.165, 1.54) is 10.5 Å². The number of rotatable bonds is 6. The summed E-state index contributed by atoms with van der Waals surface area (Å²) in [5, 5.41) is 3.17. The van der Waals surface area contributed by atoms with Gasteiger partial charge in [-0.3, -0.25) is 4.79 Å². The summed E-state index contributed by atoms with van der Waals surface area (Å²) in [6.45, 7) is 9.92. The highest BCUT2D eigenvalue weighted by Crippen LogP contribution is 2.26. The predicted molar refractivity (Wildman–Crippen MR) is 108 cm³/mol. The van der Waals surface area contributed by atoms with Crippen molar-refractivity contribution in [2.24, 2.45) is 0 Å². The Bertz CT molecular complexity index is 743. The van der Waals surface area contributed by atoms with Crippen molar-refractivity contribution in [3.05, 3.63) is 48.3 Å². The van der Waals surface area contributed by atoms with Crippen LogP contribution in [0.5, 0.6) is 0 Å². The van der Waals surface area contributed by atoms with E-state index >= 15 is 0 Å². The summed E-state index contributed by atoms with van der Waals surface area (Å²) < 4.78 is 0. The van der Waals surface area contributed by atoms with Crippen LogP contribution in [0.25, 0.3) is 0 Å². The second kappa shape index (κ2) is 8.95. The molecule has 27 heavy (non-hydrogen) atoms. The van der Waals surface area contributed by atoms with Crippen LogP contribution in [-0.4, -0.2) is 48.1 Å². The molecule has 0 radical (unpaired) electrons. The SMILES string of the molecule is CC[C@H](C)c1ccccc1NC(=O)[C@@H](C)[NH+]1CCN(c2ncccn2)CC1. The number of benzene rings is 1. The van der Waals surface area contributed by atoms with Crippen molar-refractivity contribution in [2.45, 2.75) is 39.2 Å². The van der Waals surface area contributed by atoms with Crippen LogP contribution >= 0.6 is 0 Å². The lowest BCUT2D eigenvalue weighted by Gasteiger charge is -2.34. The first-order valence-corrected chi connectivity index (χ1v) is 9.86. The predicted octanol–water partition coefficient (Wildman–Crippen LogP) is 1.72. The molecule has 0 unspecified atom stereocenters. The van der Waals surface area contributed by atoms with Gasteiger partial charge in [-0.25, -0.2) is 9.97 Å². The molecule has 6 heteroatoms. The zero-order valence-corrected chi connectivity index (χ0v) is 16.5. The molecule has 1 aliphatic rings. The van der Waals surface area contributed by atoms with E-state index in [1.54, 1.807) is 12.4 Å². The lowest BCUT2D eigenvalue weighted by atomic mass is 9.97. The molecule has 1 aliphatic heterocycles. The van der Waals surface area contributed by atoms with Gasteiger partial charge in [0, 0.05) is 18.1 Å². The molecule has 2 heterocycles. The number of amides is 1. The summed E-state index contributed by atoms with van der Waals surface area (Å²) in [5.41, 5.74) is 2.15. The summed E-state index contributed by atoms with van der Waals surface area (Å²) in [5.74, 6) is 1.29. The zero-order valence-electron chi connectivity index (χ0n) is 16.5. The molecular formula is C21H30N5O+. The van der Waals surface area contributed by atoms with Gasteiger partial charge in [-0.15, -0.1) is 0 Å². The van der Waals surface area contributed by atoms with Gasteiger partial charge in [0.15, 0.2) is 6.04 Å². The third kappa shape index (κ3) is 4.63. The number of anilines is 2. The van der Waals surface area contributed by atoms with Gasteiger partial charge in [-0.2, -0.15) is 0 Å². The van der Waals surface area contributed by atoms with Crippen molar-refractivity contribution < 1.29 is 9.69 Å². The number of aromatic nitrogens is 2. The Morgan fingerprint density at radius 3 is 2.48 bits per heavy atom. The van der Waals surface area contributed by atoms with Crippen LogP contribution in [0.4, 0.5) is 11.6 Å². The maximum Gasteiger partial charge on any atom is 0.282 e. The monoisotopic (exact) mass is 368 g/mol. The van der Waals surface area contributed by atoms with E-state index in [-0.39, 0.29) is 11.9 Å². The van der Waals surface area contributed by atoms with Crippen LogP contribution in [-0.2, 0) is 4.79 Å². The molecule has 0 bridgehead atoms.